The molecular weight excluding hydrogens is 458 g/mol. The van der Waals surface area contributed by atoms with Crippen molar-refractivity contribution >= 4 is 62.0 Å². The van der Waals surface area contributed by atoms with Gasteiger partial charge in [0.2, 0.25) is 11.1 Å². The molecule has 4 aromatic rings. The molecule has 0 spiro atoms. The number of aromatic amines is 1. The maximum absolute atomic E-state index is 12.6. The SMILES string of the molecule is COC(=O)c1c(NC(=O)CCSc2nnc3c(n2)[nH]c2ccccc23)sc2c1CCC(C)C2. The summed E-state index contributed by atoms with van der Waals surface area (Å²) in [6.07, 6.45) is 3.06. The van der Waals surface area contributed by atoms with Crippen LogP contribution >= 0.6 is 23.1 Å². The lowest BCUT2D eigenvalue weighted by Crippen LogP contribution is -2.16. The van der Waals surface area contributed by atoms with E-state index >= 15 is 0 Å². The number of carbonyl (C=O) groups excluding carboxylic acids is 2. The Balaban J connectivity index is 1.25. The Bertz CT molecular complexity index is 1360. The number of aromatic nitrogens is 4. The summed E-state index contributed by atoms with van der Waals surface area (Å²) in [5, 5.41) is 13.5. The van der Waals surface area contributed by atoms with Gasteiger partial charge >= 0.3 is 5.97 Å². The van der Waals surface area contributed by atoms with E-state index in [1.165, 1.54) is 35.1 Å². The second-order valence-electron chi connectivity index (χ2n) is 8.16. The molecule has 1 aliphatic carbocycles. The Morgan fingerprint density at radius 2 is 2.15 bits per heavy atom. The quantitative estimate of drug-likeness (QED) is 0.306. The van der Waals surface area contributed by atoms with E-state index in [-0.39, 0.29) is 12.3 Å². The van der Waals surface area contributed by atoms with Crippen LogP contribution in [0.3, 0.4) is 0 Å². The van der Waals surface area contributed by atoms with Crippen molar-refractivity contribution in [1.82, 2.24) is 20.2 Å². The zero-order chi connectivity index (χ0) is 22.9. The van der Waals surface area contributed by atoms with Crippen molar-refractivity contribution in [1.29, 1.82) is 0 Å². The number of thioether (sulfide) groups is 1. The molecule has 8 nitrogen and oxygen atoms in total. The summed E-state index contributed by atoms with van der Waals surface area (Å²) in [5.41, 5.74) is 3.92. The number of carbonyl (C=O) groups is 2. The van der Waals surface area contributed by atoms with Crippen LogP contribution in [0.4, 0.5) is 5.00 Å². The van der Waals surface area contributed by atoms with Crippen LogP contribution < -0.4 is 5.32 Å². The van der Waals surface area contributed by atoms with Gasteiger partial charge in [0.25, 0.3) is 0 Å². The number of anilines is 1. The summed E-state index contributed by atoms with van der Waals surface area (Å²) < 4.78 is 4.99. The lowest BCUT2D eigenvalue weighted by atomic mass is 9.88. The number of amides is 1. The fourth-order valence-corrected chi connectivity index (χ4v) is 6.29. The van der Waals surface area contributed by atoms with Gasteiger partial charge in [-0.25, -0.2) is 9.78 Å². The summed E-state index contributed by atoms with van der Waals surface area (Å²) in [6.45, 7) is 2.21. The Kier molecular flexibility index (Phi) is 6.03. The lowest BCUT2D eigenvalue weighted by Gasteiger charge is -2.18. The van der Waals surface area contributed by atoms with E-state index in [9.17, 15) is 9.59 Å². The van der Waals surface area contributed by atoms with Crippen LogP contribution in [0.25, 0.3) is 22.1 Å². The van der Waals surface area contributed by atoms with Gasteiger partial charge in [-0.2, -0.15) is 0 Å². The first-order valence-corrected chi connectivity index (χ1v) is 12.6. The number of hydrogen-bond acceptors (Lipinski definition) is 8. The first-order chi connectivity index (χ1) is 16.0. The van der Waals surface area contributed by atoms with Gasteiger partial charge in [-0.1, -0.05) is 36.9 Å². The van der Waals surface area contributed by atoms with Crippen LogP contribution in [0.1, 0.15) is 40.6 Å². The molecule has 0 aliphatic heterocycles. The van der Waals surface area contributed by atoms with Gasteiger partial charge in [-0.15, -0.1) is 21.5 Å². The molecule has 33 heavy (non-hydrogen) atoms. The van der Waals surface area contributed by atoms with E-state index in [1.807, 2.05) is 24.3 Å². The average Bonchev–Trinajstić information content (AvgIpc) is 3.35. The standard InChI is InChI=1S/C23H23N5O3S2/c1-12-7-8-14-16(11-12)33-21(18(14)22(30)31-2)25-17(29)9-10-32-23-26-20-19(27-28-23)13-5-3-4-6-15(13)24-20/h3-6,12H,7-11H2,1-2H3,(H,25,29)(H,24,26,28). The summed E-state index contributed by atoms with van der Waals surface area (Å²) in [6, 6.07) is 7.86. The number of esters is 1. The molecule has 1 aromatic carbocycles. The zero-order valence-electron chi connectivity index (χ0n) is 18.3. The molecule has 1 unspecified atom stereocenters. The van der Waals surface area contributed by atoms with Gasteiger partial charge in [0.15, 0.2) is 5.65 Å². The molecule has 1 amide bonds. The number of hydrogen-bond donors (Lipinski definition) is 2. The number of H-pyrrole nitrogens is 1. The van der Waals surface area contributed by atoms with Crippen molar-refractivity contribution in [2.45, 2.75) is 37.8 Å². The molecule has 0 fully saturated rings. The molecule has 0 bridgehead atoms. The summed E-state index contributed by atoms with van der Waals surface area (Å²) in [7, 11) is 1.37. The minimum Gasteiger partial charge on any atom is -0.465 e. The number of thiophene rings is 1. The van der Waals surface area contributed by atoms with Gasteiger partial charge in [-0.3, -0.25) is 4.79 Å². The molecule has 170 valence electrons. The number of rotatable bonds is 6. The van der Waals surface area contributed by atoms with Crippen LogP contribution in [-0.4, -0.2) is 44.9 Å². The van der Waals surface area contributed by atoms with Crippen molar-refractivity contribution in [3.63, 3.8) is 0 Å². The molecule has 1 atom stereocenters. The second-order valence-corrected chi connectivity index (χ2v) is 10.3. The fraction of sp³-hybridized carbons (Fsp3) is 0.348. The summed E-state index contributed by atoms with van der Waals surface area (Å²) in [5.74, 6) is 0.524. The zero-order valence-corrected chi connectivity index (χ0v) is 19.9. The molecule has 3 aromatic heterocycles. The highest BCUT2D eigenvalue weighted by Gasteiger charge is 2.28. The molecule has 10 heteroatoms. The summed E-state index contributed by atoms with van der Waals surface area (Å²) in [4.78, 5) is 34.0. The third-order valence-electron chi connectivity index (χ3n) is 5.82. The van der Waals surface area contributed by atoms with Crippen molar-refractivity contribution in [3.05, 3.63) is 40.3 Å². The van der Waals surface area contributed by atoms with Gasteiger partial charge < -0.3 is 15.0 Å². The van der Waals surface area contributed by atoms with Gasteiger partial charge in [0, 0.05) is 28.0 Å². The molecule has 5 rings (SSSR count). The Hall–Kier alpha value is -2.98. The van der Waals surface area contributed by atoms with E-state index in [2.05, 4.69) is 32.4 Å². The molecular formula is C23H23N5O3S2. The fourth-order valence-electron chi connectivity index (χ4n) is 4.15. The van der Waals surface area contributed by atoms with E-state index < -0.39 is 5.97 Å². The Morgan fingerprint density at radius 3 is 3.00 bits per heavy atom. The predicted molar refractivity (Wildman–Crippen MR) is 130 cm³/mol. The van der Waals surface area contributed by atoms with Crippen LogP contribution in [0.15, 0.2) is 29.4 Å². The van der Waals surface area contributed by atoms with Crippen LogP contribution in [0, 0.1) is 5.92 Å². The highest BCUT2D eigenvalue weighted by Crippen LogP contribution is 2.40. The monoisotopic (exact) mass is 481 g/mol. The second kappa shape index (κ2) is 9.11. The topological polar surface area (TPSA) is 110 Å². The minimum absolute atomic E-state index is 0.154. The van der Waals surface area contributed by atoms with Crippen LogP contribution in [0.2, 0.25) is 0 Å². The van der Waals surface area contributed by atoms with Crippen molar-refractivity contribution in [3.8, 4) is 0 Å². The lowest BCUT2D eigenvalue weighted by molar-refractivity contribution is -0.115. The van der Waals surface area contributed by atoms with Gasteiger partial charge in [0.05, 0.1) is 12.7 Å². The van der Waals surface area contributed by atoms with Crippen LogP contribution in [-0.2, 0) is 22.4 Å². The smallest absolute Gasteiger partial charge is 0.341 e. The maximum Gasteiger partial charge on any atom is 0.341 e. The number of nitrogens with zero attached hydrogens (tertiary/aromatic N) is 3. The molecule has 2 N–H and O–H groups in total. The molecule has 0 saturated heterocycles. The Morgan fingerprint density at radius 1 is 1.30 bits per heavy atom. The highest BCUT2D eigenvalue weighted by molar-refractivity contribution is 7.99. The number of ether oxygens (including phenoxy) is 1. The van der Waals surface area contributed by atoms with Gasteiger partial charge in [0.1, 0.15) is 10.5 Å². The number of benzene rings is 1. The highest BCUT2D eigenvalue weighted by atomic mass is 32.2. The normalized spacial score (nSPS) is 15.5. The van der Waals surface area contributed by atoms with E-state index in [0.717, 1.165) is 41.2 Å². The third kappa shape index (κ3) is 4.32. The minimum atomic E-state index is -0.391. The van der Waals surface area contributed by atoms with Crippen molar-refractivity contribution < 1.29 is 14.3 Å². The Labute approximate surface area is 198 Å². The number of para-hydroxylation sites is 1. The van der Waals surface area contributed by atoms with E-state index in [0.29, 0.717) is 33.0 Å². The predicted octanol–water partition coefficient (Wildman–Crippen LogP) is 4.60. The number of methoxy groups -OCH3 is 1. The van der Waals surface area contributed by atoms with Crippen LogP contribution in [0.5, 0.6) is 0 Å². The number of fused-ring (bicyclic) bond motifs is 4. The molecule has 0 radical (unpaired) electrons. The summed E-state index contributed by atoms with van der Waals surface area (Å²) >= 11 is 2.87. The van der Waals surface area contributed by atoms with E-state index in [1.54, 1.807) is 0 Å². The molecule has 0 saturated carbocycles. The average molecular weight is 482 g/mol. The first kappa shape index (κ1) is 21.8. The largest absolute Gasteiger partial charge is 0.465 e. The van der Waals surface area contributed by atoms with Crippen molar-refractivity contribution in [2.75, 3.05) is 18.2 Å². The molecule has 1 aliphatic rings. The van der Waals surface area contributed by atoms with Gasteiger partial charge in [-0.05, 0) is 36.8 Å². The first-order valence-electron chi connectivity index (χ1n) is 10.8. The van der Waals surface area contributed by atoms with Crippen molar-refractivity contribution in [2.24, 2.45) is 5.92 Å². The third-order valence-corrected chi connectivity index (χ3v) is 7.83. The maximum atomic E-state index is 12.6. The van der Waals surface area contributed by atoms with E-state index in [4.69, 9.17) is 4.74 Å². The molecule has 3 heterocycles. The number of nitrogens with one attached hydrogen (secondary N) is 2.